The number of hydrogen-bond acceptors (Lipinski definition) is 5. The van der Waals surface area contributed by atoms with Gasteiger partial charge in [-0.05, 0) is 47.4 Å². The number of nitrogens with zero attached hydrogens (tertiary/aromatic N) is 1. The zero-order chi connectivity index (χ0) is 24.4. The van der Waals surface area contributed by atoms with Gasteiger partial charge in [-0.15, -0.1) is 0 Å². The van der Waals surface area contributed by atoms with Crippen molar-refractivity contribution in [3.8, 4) is 11.1 Å². The van der Waals surface area contributed by atoms with Gasteiger partial charge in [0.15, 0.2) is 0 Å². The highest BCUT2D eigenvalue weighted by molar-refractivity contribution is 7.99. The van der Waals surface area contributed by atoms with E-state index in [-0.39, 0.29) is 30.4 Å². The standard InChI is InChI=1S/C27H30N2O5S/c30-25(29-11-12-35-16-24(29)26(31)32)14-17-9-10-18(13-17)28-27(33)34-15-23-21-7-3-1-5-19(21)20-6-2-4-8-22(20)23/h1-8,17-18,23-24H,9-16H2,(H,28,33)(H,31,32)/t17-,18+,24?/m1/s1. The molecule has 2 amide bonds. The number of nitrogens with one attached hydrogen (secondary N) is 1. The van der Waals surface area contributed by atoms with Crippen LogP contribution in [0, 0.1) is 5.92 Å². The summed E-state index contributed by atoms with van der Waals surface area (Å²) < 4.78 is 5.66. The number of ether oxygens (including phenoxy) is 1. The van der Waals surface area contributed by atoms with Gasteiger partial charge in [0.1, 0.15) is 12.6 Å². The largest absolute Gasteiger partial charge is 0.480 e. The lowest BCUT2D eigenvalue weighted by Crippen LogP contribution is -2.50. The monoisotopic (exact) mass is 494 g/mol. The van der Waals surface area contributed by atoms with Crippen LogP contribution < -0.4 is 5.32 Å². The molecule has 3 aliphatic rings. The molecular weight excluding hydrogens is 464 g/mol. The maximum absolute atomic E-state index is 12.8. The first kappa shape index (κ1) is 23.7. The van der Waals surface area contributed by atoms with Gasteiger partial charge < -0.3 is 20.1 Å². The van der Waals surface area contributed by atoms with Crippen molar-refractivity contribution in [2.45, 2.75) is 43.7 Å². The van der Waals surface area contributed by atoms with E-state index < -0.39 is 18.1 Å². The second-order valence-corrected chi connectivity index (χ2v) is 10.7. The smallest absolute Gasteiger partial charge is 0.407 e. The van der Waals surface area contributed by atoms with Crippen molar-refractivity contribution in [3.05, 3.63) is 59.7 Å². The fourth-order valence-corrected chi connectivity index (χ4v) is 6.71. The van der Waals surface area contributed by atoms with Crippen molar-refractivity contribution < 1.29 is 24.2 Å². The number of thioether (sulfide) groups is 1. The van der Waals surface area contributed by atoms with Gasteiger partial charge in [0.25, 0.3) is 0 Å². The molecule has 2 aliphatic carbocycles. The molecule has 1 heterocycles. The van der Waals surface area contributed by atoms with E-state index in [4.69, 9.17) is 4.74 Å². The predicted octanol–water partition coefficient (Wildman–Crippen LogP) is 4.11. The minimum Gasteiger partial charge on any atom is -0.480 e. The third-order valence-electron chi connectivity index (χ3n) is 7.40. The molecule has 3 atom stereocenters. The summed E-state index contributed by atoms with van der Waals surface area (Å²) >= 11 is 1.57. The number of benzene rings is 2. The van der Waals surface area contributed by atoms with Crippen molar-refractivity contribution in [2.24, 2.45) is 5.92 Å². The number of carboxylic acids is 1. The number of carbonyl (C=O) groups is 3. The highest BCUT2D eigenvalue weighted by Crippen LogP contribution is 2.44. The molecule has 184 valence electrons. The number of carboxylic acid groups (broad SMARTS) is 1. The molecule has 1 saturated heterocycles. The fourth-order valence-electron chi connectivity index (χ4n) is 5.67. The molecule has 5 rings (SSSR count). The molecule has 0 aromatic heterocycles. The topological polar surface area (TPSA) is 95.9 Å². The Kier molecular flexibility index (Phi) is 7.00. The van der Waals surface area contributed by atoms with Crippen LogP contribution in [0.5, 0.6) is 0 Å². The lowest BCUT2D eigenvalue weighted by atomic mass is 9.98. The van der Waals surface area contributed by atoms with E-state index in [1.54, 1.807) is 11.8 Å². The Labute approximate surface area is 209 Å². The van der Waals surface area contributed by atoms with Gasteiger partial charge in [0, 0.05) is 36.4 Å². The number of carbonyl (C=O) groups excluding carboxylic acids is 2. The second-order valence-electron chi connectivity index (χ2n) is 9.57. The Bertz CT molecular complexity index is 1080. The molecule has 1 saturated carbocycles. The van der Waals surface area contributed by atoms with Gasteiger partial charge in [-0.1, -0.05) is 48.5 Å². The summed E-state index contributed by atoms with van der Waals surface area (Å²) in [4.78, 5) is 38.4. The molecule has 0 spiro atoms. The van der Waals surface area contributed by atoms with E-state index in [2.05, 4.69) is 29.6 Å². The summed E-state index contributed by atoms with van der Waals surface area (Å²) in [6.45, 7) is 0.757. The zero-order valence-corrected chi connectivity index (χ0v) is 20.3. The number of rotatable bonds is 6. The highest BCUT2D eigenvalue weighted by Gasteiger charge is 2.35. The molecule has 1 unspecified atom stereocenters. The molecule has 2 aromatic rings. The number of alkyl carbamates (subject to hydrolysis) is 1. The normalized spacial score (nSPS) is 23.4. The summed E-state index contributed by atoms with van der Waals surface area (Å²) in [5.74, 6) is 0.345. The molecule has 0 radical (unpaired) electrons. The first-order valence-corrected chi connectivity index (χ1v) is 13.4. The SMILES string of the molecule is O=C(N[C@H]1CC[C@@H](CC(=O)N2CCSCC2C(=O)O)C1)OCC1c2ccccc2-c2ccccc21. The van der Waals surface area contributed by atoms with Crippen LogP contribution in [0.15, 0.2) is 48.5 Å². The minimum absolute atomic E-state index is 0.0204. The van der Waals surface area contributed by atoms with Gasteiger partial charge in [-0.25, -0.2) is 9.59 Å². The average molecular weight is 495 g/mol. The summed E-state index contributed by atoms with van der Waals surface area (Å²) in [6.07, 6.45) is 2.23. The molecule has 2 N–H and O–H groups in total. The van der Waals surface area contributed by atoms with Crippen LogP contribution in [-0.4, -0.2) is 64.7 Å². The maximum atomic E-state index is 12.8. The van der Waals surface area contributed by atoms with Crippen molar-refractivity contribution in [3.63, 3.8) is 0 Å². The van der Waals surface area contributed by atoms with E-state index in [0.29, 0.717) is 25.1 Å². The summed E-state index contributed by atoms with van der Waals surface area (Å²) in [6, 6.07) is 15.7. The van der Waals surface area contributed by atoms with E-state index in [0.717, 1.165) is 18.6 Å². The van der Waals surface area contributed by atoms with Crippen LogP contribution in [0.4, 0.5) is 4.79 Å². The Morgan fingerprint density at radius 1 is 1.03 bits per heavy atom. The third kappa shape index (κ3) is 5.03. The average Bonchev–Trinajstić information content (AvgIpc) is 3.44. The molecule has 8 heteroatoms. The van der Waals surface area contributed by atoms with Crippen LogP contribution in [0.3, 0.4) is 0 Å². The molecule has 35 heavy (non-hydrogen) atoms. The lowest BCUT2D eigenvalue weighted by Gasteiger charge is -2.33. The van der Waals surface area contributed by atoms with Gasteiger partial charge in [0.05, 0.1) is 0 Å². The van der Waals surface area contributed by atoms with Crippen molar-refractivity contribution in [1.29, 1.82) is 0 Å². The van der Waals surface area contributed by atoms with Gasteiger partial charge in [0.2, 0.25) is 5.91 Å². The van der Waals surface area contributed by atoms with Crippen LogP contribution in [-0.2, 0) is 14.3 Å². The number of aliphatic carboxylic acids is 1. The van der Waals surface area contributed by atoms with E-state index >= 15 is 0 Å². The number of amides is 2. The first-order valence-electron chi connectivity index (χ1n) is 12.2. The van der Waals surface area contributed by atoms with E-state index in [1.165, 1.54) is 27.2 Å². The molecule has 2 fully saturated rings. The summed E-state index contributed by atoms with van der Waals surface area (Å²) in [5.41, 5.74) is 4.74. The van der Waals surface area contributed by atoms with Crippen LogP contribution >= 0.6 is 11.8 Å². The Balaban J connectivity index is 1.12. The summed E-state index contributed by atoms with van der Waals surface area (Å²) in [7, 11) is 0. The van der Waals surface area contributed by atoms with Gasteiger partial charge in [-0.2, -0.15) is 11.8 Å². The zero-order valence-electron chi connectivity index (χ0n) is 19.5. The Morgan fingerprint density at radius 3 is 2.40 bits per heavy atom. The Morgan fingerprint density at radius 2 is 1.71 bits per heavy atom. The minimum atomic E-state index is -0.938. The van der Waals surface area contributed by atoms with Crippen molar-refractivity contribution >= 4 is 29.7 Å². The molecule has 0 bridgehead atoms. The van der Waals surface area contributed by atoms with Gasteiger partial charge in [-0.3, -0.25) is 4.79 Å². The molecule has 2 aromatic carbocycles. The number of fused-ring (bicyclic) bond motifs is 3. The van der Waals surface area contributed by atoms with E-state index in [1.807, 2.05) is 24.3 Å². The van der Waals surface area contributed by atoms with Crippen LogP contribution in [0.2, 0.25) is 0 Å². The van der Waals surface area contributed by atoms with Crippen molar-refractivity contribution in [2.75, 3.05) is 24.7 Å². The van der Waals surface area contributed by atoms with Crippen LogP contribution in [0.25, 0.3) is 11.1 Å². The molecular formula is C27H30N2O5S. The fraction of sp³-hybridized carbons (Fsp3) is 0.444. The first-order chi connectivity index (χ1) is 17.0. The van der Waals surface area contributed by atoms with Crippen molar-refractivity contribution in [1.82, 2.24) is 10.2 Å². The molecule has 7 nitrogen and oxygen atoms in total. The quantitative estimate of drug-likeness (QED) is 0.628. The summed E-state index contributed by atoms with van der Waals surface area (Å²) in [5, 5.41) is 12.4. The third-order valence-corrected chi connectivity index (χ3v) is 8.43. The predicted molar refractivity (Wildman–Crippen MR) is 134 cm³/mol. The van der Waals surface area contributed by atoms with Gasteiger partial charge >= 0.3 is 12.1 Å². The second kappa shape index (κ2) is 10.3. The Hall–Kier alpha value is -3.00. The lowest BCUT2D eigenvalue weighted by molar-refractivity contribution is -0.149. The highest BCUT2D eigenvalue weighted by atomic mass is 32.2. The van der Waals surface area contributed by atoms with E-state index in [9.17, 15) is 19.5 Å². The molecule has 1 aliphatic heterocycles. The maximum Gasteiger partial charge on any atom is 0.407 e. The van der Waals surface area contributed by atoms with Crippen LogP contribution in [0.1, 0.15) is 42.7 Å². The number of hydrogen-bond donors (Lipinski definition) is 2.